The first-order valence-electron chi connectivity index (χ1n) is 10.3. The van der Waals surface area contributed by atoms with Crippen LogP contribution in [0.4, 0.5) is 11.4 Å². The SMILES string of the molecule is COc1ccc(C[NH+](C)CC(=O)Nc2ccccc2C(=O)Nc2ccccc2)c(OC)c1. The predicted octanol–water partition coefficient (Wildman–Crippen LogP) is 2.61. The van der Waals surface area contributed by atoms with Gasteiger partial charge >= 0.3 is 0 Å². The summed E-state index contributed by atoms with van der Waals surface area (Å²) >= 11 is 0. The molecule has 0 aliphatic rings. The number of rotatable bonds is 9. The Bertz CT molecular complexity index is 1070. The van der Waals surface area contributed by atoms with Gasteiger partial charge in [-0.05, 0) is 36.4 Å². The molecule has 0 aromatic heterocycles. The summed E-state index contributed by atoms with van der Waals surface area (Å²) in [6.45, 7) is 0.820. The van der Waals surface area contributed by atoms with Crippen molar-refractivity contribution in [1.29, 1.82) is 0 Å². The maximum absolute atomic E-state index is 12.7. The van der Waals surface area contributed by atoms with E-state index >= 15 is 0 Å². The monoisotopic (exact) mass is 434 g/mol. The van der Waals surface area contributed by atoms with E-state index < -0.39 is 0 Å². The average molecular weight is 435 g/mol. The summed E-state index contributed by atoms with van der Waals surface area (Å²) in [5, 5.41) is 5.72. The topological polar surface area (TPSA) is 81.1 Å². The summed E-state index contributed by atoms with van der Waals surface area (Å²) in [7, 11) is 5.14. The molecule has 0 heterocycles. The van der Waals surface area contributed by atoms with Crippen molar-refractivity contribution >= 4 is 23.2 Å². The molecular formula is C25H28N3O4+. The zero-order valence-electron chi connectivity index (χ0n) is 18.5. The number of ether oxygens (including phenoxy) is 2. The summed E-state index contributed by atoms with van der Waals surface area (Å²) in [5.74, 6) is 0.962. The number of likely N-dealkylation sites (N-methyl/N-ethyl adjacent to an activating group) is 1. The van der Waals surface area contributed by atoms with E-state index in [4.69, 9.17) is 9.47 Å². The van der Waals surface area contributed by atoms with Crippen LogP contribution in [-0.2, 0) is 11.3 Å². The molecule has 1 atom stereocenters. The average Bonchev–Trinajstić information content (AvgIpc) is 2.80. The molecular weight excluding hydrogens is 406 g/mol. The van der Waals surface area contributed by atoms with E-state index in [0.717, 1.165) is 10.5 Å². The highest BCUT2D eigenvalue weighted by atomic mass is 16.5. The zero-order chi connectivity index (χ0) is 22.9. The van der Waals surface area contributed by atoms with Crippen molar-refractivity contribution in [2.45, 2.75) is 6.54 Å². The molecule has 1 unspecified atom stereocenters. The lowest BCUT2D eigenvalue weighted by Crippen LogP contribution is -3.08. The first-order chi connectivity index (χ1) is 15.5. The molecule has 2 amide bonds. The summed E-state index contributed by atoms with van der Waals surface area (Å²) in [4.78, 5) is 26.4. The summed E-state index contributed by atoms with van der Waals surface area (Å²) < 4.78 is 10.7. The number of para-hydroxylation sites is 2. The molecule has 0 spiro atoms. The molecule has 3 N–H and O–H groups in total. The fourth-order valence-corrected chi connectivity index (χ4v) is 3.36. The number of carbonyl (C=O) groups excluding carboxylic acids is 2. The van der Waals surface area contributed by atoms with Crippen molar-refractivity contribution in [1.82, 2.24) is 0 Å². The van der Waals surface area contributed by atoms with E-state index in [1.54, 1.807) is 38.5 Å². The van der Waals surface area contributed by atoms with Gasteiger partial charge in [0.1, 0.15) is 18.0 Å². The van der Waals surface area contributed by atoms with Crippen LogP contribution in [0.2, 0.25) is 0 Å². The first kappa shape index (κ1) is 22.8. The van der Waals surface area contributed by atoms with Crippen LogP contribution in [0.15, 0.2) is 72.8 Å². The second-order valence-electron chi connectivity index (χ2n) is 7.40. The Morgan fingerprint density at radius 2 is 1.59 bits per heavy atom. The Labute approximate surface area is 188 Å². The molecule has 0 fully saturated rings. The molecule has 7 nitrogen and oxygen atoms in total. The minimum absolute atomic E-state index is 0.185. The largest absolute Gasteiger partial charge is 0.497 e. The van der Waals surface area contributed by atoms with Gasteiger partial charge < -0.3 is 25.0 Å². The fourth-order valence-electron chi connectivity index (χ4n) is 3.36. The van der Waals surface area contributed by atoms with Crippen molar-refractivity contribution in [3.8, 4) is 11.5 Å². The van der Waals surface area contributed by atoms with Crippen LogP contribution in [-0.4, -0.2) is 39.6 Å². The standard InChI is InChI=1S/C25H27N3O4/c1-28(16-18-13-14-20(31-2)15-23(18)32-3)17-24(29)27-22-12-8-7-11-21(22)25(30)26-19-9-5-4-6-10-19/h4-15H,16-17H2,1-3H3,(H,26,30)(H,27,29)/p+1. The van der Waals surface area contributed by atoms with Crippen LogP contribution in [0.1, 0.15) is 15.9 Å². The van der Waals surface area contributed by atoms with Gasteiger partial charge in [0, 0.05) is 17.3 Å². The van der Waals surface area contributed by atoms with Crippen molar-refractivity contribution in [3.63, 3.8) is 0 Å². The summed E-state index contributed by atoms with van der Waals surface area (Å²) in [6.07, 6.45) is 0. The number of benzene rings is 3. The number of carbonyl (C=O) groups is 2. The first-order valence-corrected chi connectivity index (χ1v) is 10.3. The van der Waals surface area contributed by atoms with Gasteiger partial charge in [0.15, 0.2) is 6.54 Å². The van der Waals surface area contributed by atoms with Crippen molar-refractivity contribution in [2.75, 3.05) is 38.4 Å². The Balaban J connectivity index is 1.63. The second-order valence-corrected chi connectivity index (χ2v) is 7.40. The molecule has 3 aromatic carbocycles. The number of nitrogens with one attached hydrogen (secondary N) is 3. The number of quaternary nitrogens is 1. The highest BCUT2D eigenvalue weighted by Crippen LogP contribution is 2.23. The van der Waals surface area contributed by atoms with Gasteiger partial charge in [0.05, 0.1) is 32.5 Å². The third-order valence-corrected chi connectivity index (χ3v) is 4.93. The van der Waals surface area contributed by atoms with E-state index in [1.165, 1.54) is 0 Å². The third-order valence-electron chi connectivity index (χ3n) is 4.93. The van der Waals surface area contributed by atoms with Crippen molar-refractivity contribution in [2.24, 2.45) is 0 Å². The Morgan fingerprint density at radius 3 is 2.31 bits per heavy atom. The molecule has 166 valence electrons. The normalized spacial score (nSPS) is 11.3. The molecule has 0 aliphatic carbocycles. The Morgan fingerprint density at radius 1 is 0.875 bits per heavy atom. The number of amides is 2. The van der Waals surface area contributed by atoms with Gasteiger partial charge in [-0.3, -0.25) is 9.59 Å². The number of hydrogen-bond donors (Lipinski definition) is 3. The van der Waals surface area contributed by atoms with Crippen LogP contribution in [0.5, 0.6) is 11.5 Å². The number of anilines is 2. The third kappa shape index (κ3) is 6.09. The van der Waals surface area contributed by atoms with Gasteiger partial charge in [0.25, 0.3) is 11.8 Å². The predicted molar refractivity (Wildman–Crippen MR) is 124 cm³/mol. The quantitative estimate of drug-likeness (QED) is 0.484. The molecule has 3 aromatic rings. The van der Waals surface area contributed by atoms with E-state index in [2.05, 4.69) is 10.6 Å². The molecule has 3 rings (SSSR count). The van der Waals surface area contributed by atoms with Gasteiger partial charge in [-0.1, -0.05) is 30.3 Å². The maximum atomic E-state index is 12.7. The Kier molecular flexibility index (Phi) is 7.83. The molecule has 7 heteroatoms. The number of methoxy groups -OCH3 is 2. The highest BCUT2D eigenvalue weighted by molar-refractivity contribution is 6.10. The molecule has 0 bridgehead atoms. The van der Waals surface area contributed by atoms with Gasteiger partial charge in [-0.25, -0.2) is 0 Å². The lowest BCUT2D eigenvalue weighted by atomic mass is 10.1. The fraction of sp³-hybridized carbons (Fsp3) is 0.200. The maximum Gasteiger partial charge on any atom is 0.279 e. The minimum atomic E-state index is -0.282. The van der Waals surface area contributed by atoms with E-state index in [9.17, 15) is 9.59 Å². The number of hydrogen-bond acceptors (Lipinski definition) is 4. The lowest BCUT2D eigenvalue weighted by Gasteiger charge is -2.17. The highest BCUT2D eigenvalue weighted by Gasteiger charge is 2.17. The minimum Gasteiger partial charge on any atom is -0.497 e. The van der Waals surface area contributed by atoms with Crippen molar-refractivity contribution in [3.05, 3.63) is 83.9 Å². The lowest BCUT2D eigenvalue weighted by molar-refractivity contribution is -0.885. The Hall–Kier alpha value is -3.84. The van der Waals surface area contributed by atoms with E-state index in [-0.39, 0.29) is 18.4 Å². The molecule has 0 radical (unpaired) electrons. The van der Waals surface area contributed by atoms with Gasteiger partial charge in [-0.2, -0.15) is 0 Å². The van der Waals surface area contributed by atoms with Crippen LogP contribution in [0, 0.1) is 0 Å². The van der Waals surface area contributed by atoms with Gasteiger partial charge in [-0.15, -0.1) is 0 Å². The summed E-state index contributed by atoms with van der Waals surface area (Å²) in [5.41, 5.74) is 2.54. The molecule has 0 aliphatic heterocycles. The van der Waals surface area contributed by atoms with Crippen LogP contribution < -0.4 is 25.0 Å². The zero-order valence-corrected chi connectivity index (χ0v) is 18.5. The molecule has 0 saturated carbocycles. The molecule has 0 saturated heterocycles. The summed E-state index contributed by atoms with van der Waals surface area (Å²) in [6, 6.07) is 21.8. The van der Waals surface area contributed by atoms with E-state index in [0.29, 0.717) is 35.0 Å². The second kappa shape index (κ2) is 11.0. The smallest absolute Gasteiger partial charge is 0.279 e. The van der Waals surface area contributed by atoms with Gasteiger partial charge in [0.2, 0.25) is 0 Å². The van der Waals surface area contributed by atoms with Crippen LogP contribution in [0.25, 0.3) is 0 Å². The van der Waals surface area contributed by atoms with E-state index in [1.807, 2.05) is 55.6 Å². The van der Waals surface area contributed by atoms with Crippen LogP contribution >= 0.6 is 0 Å². The van der Waals surface area contributed by atoms with Crippen LogP contribution in [0.3, 0.4) is 0 Å². The van der Waals surface area contributed by atoms with Crippen molar-refractivity contribution < 1.29 is 24.0 Å². The molecule has 32 heavy (non-hydrogen) atoms.